The summed E-state index contributed by atoms with van der Waals surface area (Å²) in [5, 5.41) is 0. The average Bonchev–Trinajstić information content (AvgIpc) is 2.02. The fourth-order valence-electron chi connectivity index (χ4n) is 0.492. The maximum atomic E-state index is 11.0. The van der Waals surface area contributed by atoms with Crippen LogP contribution in [0.1, 0.15) is 26.7 Å². The minimum atomic E-state index is -0.655. The Kier molecular flexibility index (Phi) is 9.70. The first-order valence-electron chi connectivity index (χ1n) is 3.69. The van der Waals surface area contributed by atoms with E-state index in [1.165, 1.54) is 6.92 Å². The summed E-state index contributed by atoms with van der Waals surface area (Å²) >= 11 is 3.58. The average molecular weight is 229 g/mol. The summed E-state index contributed by atoms with van der Waals surface area (Å²) in [4.78, 5) is 36.5. The van der Waals surface area contributed by atoms with Crippen LogP contribution in [0.5, 0.6) is 0 Å². The van der Waals surface area contributed by atoms with Gasteiger partial charge in [0, 0.05) is 6.42 Å². The minimum absolute atomic E-state index is 0. The Morgan fingerprint density at radius 3 is 2.21 bits per heavy atom. The zero-order chi connectivity index (χ0) is 10.4. The van der Waals surface area contributed by atoms with Crippen molar-refractivity contribution >= 4 is 60.0 Å². The summed E-state index contributed by atoms with van der Waals surface area (Å²) in [5.41, 5.74) is 0. The van der Waals surface area contributed by atoms with Gasteiger partial charge in [-0.15, -0.1) is 4.47 Å². The number of hydroxylamine groups is 1. The predicted molar refractivity (Wildman–Crippen MR) is 54.7 cm³/mol. The Balaban J connectivity index is 0. The molecule has 0 unspecified atom stereocenters. The summed E-state index contributed by atoms with van der Waals surface area (Å²) in [6.45, 7) is 2.85. The molecule has 7 heteroatoms. The number of carbonyl (C=O) groups is 3. The second kappa shape index (κ2) is 8.28. The third kappa shape index (κ3) is 7.37. The zero-order valence-corrected chi connectivity index (χ0v) is 8.34. The van der Waals surface area contributed by atoms with Gasteiger partial charge >= 0.3 is 35.5 Å². The van der Waals surface area contributed by atoms with Crippen molar-refractivity contribution in [2.75, 3.05) is 0 Å². The van der Waals surface area contributed by atoms with Crippen molar-refractivity contribution in [1.82, 2.24) is 4.47 Å². The monoisotopic (exact) mass is 229 g/mol. The van der Waals surface area contributed by atoms with Crippen LogP contribution in [0.15, 0.2) is 0 Å². The number of rotatable bonds is 3. The van der Waals surface area contributed by atoms with Crippen LogP contribution in [0.25, 0.3) is 0 Å². The molecule has 0 aromatic carbocycles. The molecule has 0 rings (SSSR count). The Hall–Kier alpha value is -0.0400. The van der Waals surface area contributed by atoms with Crippen molar-refractivity contribution in [1.29, 1.82) is 0 Å². The molecule has 76 valence electrons. The topological polar surface area (TPSA) is 63.7 Å². The molecule has 0 aromatic rings. The number of amides is 1. The number of ketones is 1. The van der Waals surface area contributed by atoms with Gasteiger partial charge in [-0.05, 0) is 19.7 Å². The Labute approximate surface area is 110 Å². The number of hydrogen-bond donors (Lipinski definition) is 1. The Morgan fingerprint density at radius 1 is 1.36 bits per heavy atom. The van der Waals surface area contributed by atoms with Crippen molar-refractivity contribution in [2.24, 2.45) is 0 Å². The van der Waals surface area contributed by atoms with Crippen molar-refractivity contribution in [3.05, 3.63) is 0 Å². The second-order valence-corrected chi connectivity index (χ2v) is 2.73. The van der Waals surface area contributed by atoms with E-state index in [2.05, 4.69) is 17.7 Å². The fraction of sp³-hybridized carbons (Fsp3) is 0.571. The predicted octanol–water partition coefficient (Wildman–Crippen LogP) is -0.141. The van der Waals surface area contributed by atoms with Crippen molar-refractivity contribution in [2.45, 2.75) is 26.7 Å². The molecular weight excluding hydrogens is 217 g/mol. The molecule has 0 bridgehead atoms. The van der Waals surface area contributed by atoms with Crippen LogP contribution >= 0.6 is 12.8 Å². The van der Waals surface area contributed by atoms with Crippen molar-refractivity contribution < 1.29 is 19.2 Å². The van der Waals surface area contributed by atoms with Gasteiger partial charge in [-0.25, -0.2) is 4.79 Å². The van der Waals surface area contributed by atoms with Gasteiger partial charge in [0.15, 0.2) is 0 Å². The molecule has 5 nitrogen and oxygen atoms in total. The van der Waals surface area contributed by atoms with Gasteiger partial charge in [-0.2, -0.15) is 0 Å². The molecule has 14 heavy (non-hydrogen) atoms. The molecule has 1 amide bonds. The van der Waals surface area contributed by atoms with E-state index < -0.39 is 11.9 Å². The van der Waals surface area contributed by atoms with E-state index >= 15 is 0 Å². The molecule has 0 saturated heterocycles. The third-order valence-corrected chi connectivity index (χ3v) is 1.40. The molecule has 0 radical (unpaired) electrons. The van der Waals surface area contributed by atoms with Crippen LogP contribution in [0, 0.1) is 0 Å². The summed E-state index contributed by atoms with van der Waals surface area (Å²) in [5.74, 6) is -1.54. The molecule has 0 atom stereocenters. The van der Waals surface area contributed by atoms with E-state index in [-0.39, 0.29) is 48.2 Å². The molecule has 0 aromatic heterocycles. The molecule has 0 saturated carbocycles. The van der Waals surface area contributed by atoms with E-state index in [0.717, 1.165) is 0 Å². The van der Waals surface area contributed by atoms with Crippen molar-refractivity contribution in [3.8, 4) is 0 Å². The molecule has 0 N–H and O–H groups in total. The molecular formula is C7H12NNaO4S. The number of nitrogens with zero attached hydrogens (tertiary/aromatic N) is 1. The summed E-state index contributed by atoms with van der Waals surface area (Å²) < 4.78 is 0.479. The van der Waals surface area contributed by atoms with Crippen LogP contribution in [-0.4, -0.2) is 51.7 Å². The number of hydrogen-bond acceptors (Lipinski definition) is 5. The van der Waals surface area contributed by atoms with Crippen molar-refractivity contribution in [3.63, 3.8) is 0 Å². The van der Waals surface area contributed by atoms with Gasteiger partial charge in [-0.1, -0.05) is 6.92 Å². The molecule has 0 spiro atoms. The van der Waals surface area contributed by atoms with Crippen LogP contribution in [0.4, 0.5) is 0 Å². The fourth-order valence-corrected chi connectivity index (χ4v) is 0.654. The summed E-state index contributed by atoms with van der Waals surface area (Å²) in [6, 6.07) is 0. The van der Waals surface area contributed by atoms with E-state index in [1.807, 2.05) is 0 Å². The Morgan fingerprint density at radius 2 is 1.86 bits per heavy atom. The third-order valence-electron chi connectivity index (χ3n) is 1.09. The first-order valence-corrected chi connectivity index (χ1v) is 4.09. The molecule has 0 aliphatic carbocycles. The van der Waals surface area contributed by atoms with Crippen LogP contribution in [-0.2, 0) is 19.2 Å². The van der Waals surface area contributed by atoms with Gasteiger partial charge in [0.25, 0.3) is 5.91 Å². The normalized spacial score (nSPS) is 8.50. The Bertz CT molecular complexity index is 234. The molecule has 0 fully saturated rings. The number of carbonyl (C=O) groups excluding carboxylic acids is 3. The molecule has 0 aliphatic rings. The van der Waals surface area contributed by atoms with Gasteiger partial charge in [0.2, 0.25) is 0 Å². The van der Waals surface area contributed by atoms with E-state index in [1.54, 1.807) is 6.92 Å². The van der Waals surface area contributed by atoms with Gasteiger partial charge < -0.3 is 4.84 Å². The van der Waals surface area contributed by atoms with Gasteiger partial charge in [0.1, 0.15) is 5.78 Å². The molecule has 0 heterocycles. The summed E-state index contributed by atoms with van der Waals surface area (Å²) in [7, 11) is 0. The van der Waals surface area contributed by atoms with Crippen LogP contribution < -0.4 is 0 Å². The first kappa shape index (κ1) is 16.4. The van der Waals surface area contributed by atoms with Crippen LogP contribution in [0.3, 0.4) is 0 Å². The zero-order valence-electron chi connectivity index (χ0n) is 7.44. The second-order valence-electron chi connectivity index (χ2n) is 2.36. The van der Waals surface area contributed by atoms with E-state index in [4.69, 9.17) is 0 Å². The number of thiol groups is 1. The van der Waals surface area contributed by atoms with Crippen LogP contribution in [0.2, 0.25) is 0 Å². The quantitative estimate of drug-likeness (QED) is 0.316. The standard InChI is InChI=1S/C7H11NO4S.Na.H/c1-3-7(11)12-8(13)6(10)4-5(2)9;;/h13H,3-4H2,1-2H3;;. The summed E-state index contributed by atoms with van der Waals surface area (Å²) in [6.07, 6.45) is -0.176. The van der Waals surface area contributed by atoms with E-state index in [0.29, 0.717) is 4.47 Å². The first-order chi connectivity index (χ1) is 5.97. The maximum absolute atomic E-state index is 11.0. The number of Topliss-reactive ketones (excluding diaryl/α,β-unsaturated/α-hetero) is 1. The van der Waals surface area contributed by atoms with E-state index in [9.17, 15) is 14.4 Å². The van der Waals surface area contributed by atoms with Gasteiger partial charge in [-0.3, -0.25) is 9.59 Å². The molecule has 0 aliphatic heterocycles. The SMILES string of the molecule is CCC(=O)ON(S)C(=O)CC(C)=O.[NaH]. The van der Waals surface area contributed by atoms with Gasteiger partial charge in [0.05, 0.1) is 6.42 Å².